The summed E-state index contributed by atoms with van der Waals surface area (Å²) in [6.45, 7) is 3.40. The topological polar surface area (TPSA) is 66.0 Å². The molecular formula is C15H17FN4. The molecule has 0 spiro atoms. The van der Waals surface area contributed by atoms with E-state index in [2.05, 4.69) is 4.98 Å². The van der Waals surface area contributed by atoms with Gasteiger partial charge in [0.25, 0.3) is 0 Å². The molecule has 2 aromatic rings. The highest BCUT2D eigenvalue weighted by molar-refractivity contribution is 6.00. The van der Waals surface area contributed by atoms with Crippen molar-refractivity contribution in [3.8, 4) is 0 Å². The molecule has 2 rings (SSSR count). The van der Waals surface area contributed by atoms with Crippen molar-refractivity contribution in [2.75, 3.05) is 11.4 Å². The molecule has 0 aliphatic rings. The molecule has 5 heteroatoms. The number of pyridine rings is 1. The van der Waals surface area contributed by atoms with Crippen molar-refractivity contribution >= 4 is 11.5 Å². The van der Waals surface area contributed by atoms with Crippen LogP contribution in [0.2, 0.25) is 0 Å². The van der Waals surface area contributed by atoms with Crippen LogP contribution in [0.25, 0.3) is 0 Å². The van der Waals surface area contributed by atoms with Gasteiger partial charge >= 0.3 is 0 Å². The zero-order valence-electron chi connectivity index (χ0n) is 11.3. The summed E-state index contributed by atoms with van der Waals surface area (Å²) in [6.07, 6.45) is 3.47. The normalized spacial score (nSPS) is 10.3. The molecule has 0 saturated carbocycles. The Morgan fingerprint density at radius 3 is 2.60 bits per heavy atom. The summed E-state index contributed by atoms with van der Waals surface area (Å²) in [5, 5.41) is 7.60. The number of nitrogen functional groups attached to an aromatic ring is 1. The van der Waals surface area contributed by atoms with Gasteiger partial charge in [0.2, 0.25) is 0 Å². The zero-order chi connectivity index (χ0) is 14.5. The Labute approximate surface area is 117 Å². The van der Waals surface area contributed by atoms with Gasteiger partial charge in [-0.2, -0.15) is 0 Å². The van der Waals surface area contributed by atoms with Gasteiger partial charge in [-0.1, -0.05) is 0 Å². The van der Waals surface area contributed by atoms with Crippen LogP contribution in [0.5, 0.6) is 0 Å². The SMILES string of the molecule is CCN(Cc1ccncc1)c1ccc(F)cc1C(=N)N. The summed E-state index contributed by atoms with van der Waals surface area (Å²) in [4.78, 5) is 6.03. The van der Waals surface area contributed by atoms with Crippen LogP contribution in [0, 0.1) is 11.2 Å². The number of nitrogens with one attached hydrogen (secondary N) is 1. The Kier molecular flexibility index (Phi) is 4.30. The third kappa shape index (κ3) is 3.12. The van der Waals surface area contributed by atoms with E-state index in [1.165, 1.54) is 12.1 Å². The van der Waals surface area contributed by atoms with Crippen LogP contribution >= 0.6 is 0 Å². The van der Waals surface area contributed by atoms with Gasteiger partial charge in [-0.15, -0.1) is 0 Å². The van der Waals surface area contributed by atoms with Gasteiger partial charge in [0.1, 0.15) is 11.7 Å². The third-order valence-electron chi connectivity index (χ3n) is 3.09. The standard InChI is InChI=1S/C15H17FN4/c1-2-20(10-11-5-7-19-8-6-11)14-4-3-12(16)9-13(14)15(17)18/h3-9H,2,10H2,1H3,(H3,17,18). The third-order valence-corrected chi connectivity index (χ3v) is 3.09. The second-order valence-electron chi connectivity index (χ2n) is 4.44. The lowest BCUT2D eigenvalue weighted by atomic mass is 10.1. The molecule has 0 saturated heterocycles. The van der Waals surface area contributed by atoms with Crippen LogP contribution in [0.4, 0.5) is 10.1 Å². The predicted molar refractivity (Wildman–Crippen MR) is 78.4 cm³/mol. The Morgan fingerprint density at radius 1 is 1.30 bits per heavy atom. The maximum Gasteiger partial charge on any atom is 0.125 e. The van der Waals surface area contributed by atoms with Gasteiger partial charge in [0, 0.05) is 36.7 Å². The van der Waals surface area contributed by atoms with Gasteiger partial charge in [-0.25, -0.2) is 4.39 Å². The van der Waals surface area contributed by atoms with E-state index in [4.69, 9.17) is 11.1 Å². The van der Waals surface area contributed by atoms with E-state index in [1.54, 1.807) is 18.5 Å². The fraction of sp³-hybridized carbons (Fsp3) is 0.200. The van der Waals surface area contributed by atoms with Crippen molar-refractivity contribution in [2.24, 2.45) is 5.73 Å². The average Bonchev–Trinajstić information content (AvgIpc) is 2.46. The highest BCUT2D eigenvalue weighted by Crippen LogP contribution is 2.23. The number of rotatable bonds is 5. The number of halogens is 1. The Hall–Kier alpha value is -2.43. The summed E-state index contributed by atoms with van der Waals surface area (Å²) in [6, 6.07) is 8.21. The Balaban J connectivity index is 2.34. The number of benzene rings is 1. The fourth-order valence-corrected chi connectivity index (χ4v) is 2.08. The first-order chi connectivity index (χ1) is 9.61. The number of amidine groups is 1. The fourth-order valence-electron chi connectivity index (χ4n) is 2.08. The molecule has 0 radical (unpaired) electrons. The molecule has 0 unspecified atom stereocenters. The van der Waals surface area contributed by atoms with Crippen molar-refractivity contribution in [3.63, 3.8) is 0 Å². The van der Waals surface area contributed by atoms with Crippen LogP contribution in [0.15, 0.2) is 42.7 Å². The molecule has 1 heterocycles. The average molecular weight is 272 g/mol. The largest absolute Gasteiger partial charge is 0.384 e. The quantitative estimate of drug-likeness (QED) is 0.649. The molecular weight excluding hydrogens is 255 g/mol. The molecule has 0 amide bonds. The first kappa shape index (κ1) is 14.0. The summed E-state index contributed by atoms with van der Waals surface area (Å²) in [7, 11) is 0. The van der Waals surface area contributed by atoms with E-state index in [0.29, 0.717) is 12.1 Å². The first-order valence-electron chi connectivity index (χ1n) is 6.39. The molecule has 0 aliphatic heterocycles. The Morgan fingerprint density at radius 2 is 2.00 bits per heavy atom. The van der Waals surface area contributed by atoms with Crippen LogP contribution in [0.1, 0.15) is 18.1 Å². The van der Waals surface area contributed by atoms with E-state index < -0.39 is 0 Å². The number of nitrogens with two attached hydrogens (primary N) is 1. The smallest absolute Gasteiger partial charge is 0.125 e. The highest BCUT2D eigenvalue weighted by Gasteiger charge is 2.13. The van der Waals surface area contributed by atoms with E-state index in [1.807, 2.05) is 24.0 Å². The molecule has 1 aromatic heterocycles. The summed E-state index contributed by atoms with van der Waals surface area (Å²) in [5.41, 5.74) is 7.83. The van der Waals surface area contributed by atoms with Crippen LogP contribution < -0.4 is 10.6 Å². The molecule has 0 atom stereocenters. The van der Waals surface area contributed by atoms with E-state index >= 15 is 0 Å². The van der Waals surface area contributed by atoms with Crippen molar-refractivity contribution in [1.29, 1.82) is 5.41 Å². The Bertz CT molecular complexity index is 598. The number of aromatic nitrogens is 1. The van der Waals surface area contributed by atoms with E-state index in [0.717, 1.165) is 17.8 Å². The first-order valence-corrected chi connectivity index (χ1v) is 6.39. The lowest BCUT2D eigenvalue weighted by Crippen LogP contribution is -2.26. The summed E-state index contributed by atoms with van der Waals surface area (Å²) < 4.78 is 13.3. The molecule has 20 heavy (non-hydrogen) atoms. The second-order valence-corrected chi connectivity index (χ2v) is 4.44. The molecule has 0 bridgehead atoms. The van der Waals surface area contributed by atoms with Gasteiger partial charge < -0.3 is 10.6 Å². The predicted octanol–water partition coefficient (Wildman–Crippen LogP) is 2.53. The van der Waals surface area contributed by atoms with Crippen molar-refractivity contribution in [1.82, 2.24) is 4.98 Å². The minimum Gasteiger partial charge on any atom is -0.384 e. The van der Waals surface area contributed by atoms with Crippen molar-refractivity contribution in [2.45, 2.75) is 13.5 Å². The van der Waals surface area contributed by atoms with Crippen molar-refractivity contribution < 1.29 is 4.39 Å². The molecule has 1 aromatic carbocycles. The molecule has 0 aliphatic carbocycles. The van der Waals surface area contributed by atoms with Gasteiger partial charge in [0.15, 0.2) is 0 Å². The van der Waals surface area contributed by atoms with E-state index in [-0.39, 0.29) is 11.7 Å². The van der Waals surface area contributed by atoms with Gasteiger partial charge in [-0.05, 0) is 42.8 Å². The maximum absolute atomic E-state index is 13.3. The minimum absolute atomic E-state index is 0.132. The number of anilines is 1. The van der Waals surface area contributed by atoms with Crippen LogP contribution in [-0.4, -0.2) is 17.4 Å². The number of hydrogen-bond acceptors (Lipinski definition) is 3. The molecule has 4 nitrogen and oxygen atoms in total. The number of nitrogens with zero attached hydrogens (tertiary/aromatic N) is 2. The molecule has 104 valence electrons. The second kappa shape index (κ2) is 6.14. The lowest BCUT2D eigenvalue weighted by molar-refractivity contribution is 0.627. The van der Waals surface area contributed by atoms with E-state index in [9.17, 15) is 4.39 Å². The monoisotopic (exact) mass is 272 g/mol. The minimum atomic E-state index is -0.390. The zero-order valence-corrected chi connectivity index (χ0v) is 11.3. The van der Waals surface area contributed by atoms with Crippen LogP contribution in [-0.2, 0) is 6.54 Å². The summed E-state index contributed by atoms with van der Waals surface area (Å²) in [5.74, 6) is -0.522. The molecule has 3 N–H and O–H groups in total. The lowest BCUT2D eigenvalue weighted by Gasteiger charge is -2.25. The molecule has 0 fully saturated rings. The van der Waals surface area contributed by atoms with Crippen LogP contribution in [0.3, 0.4) is 0 Å². The van der Waals surface area contributed by atoms with Gasteiger partial charge in [0.05, 0.1) is 0 Å². The van der Waals surface area contributed by atoms with Gasteiger partial charge in [-0.3, -0.25) is 10.4 Å². The summed E-state index contributed by atoms with van der Waals surface area (Å²) >= 11 is 0. The highest BCUT2D eigenvalue weighted by atomic mass is 19.1. The number of hydrogen-bond donors (Lipinski definition) is 2. The van der Waals surface area contributed by atoms with Crippen molar-refractivity contribution in [3.05, 3.63) is 59.7 Å². The maximum atomic E-state index is 13.3.